The third-order valence-corrected chi connectivity index (χ3v) is 2.74. The Kier molecular flexibility index (Phi) is 7.44. The molecule has 0 aliphatic rings. The van der Waals surface area contributed by atoms with E-state index in [1.807, 2.05) is 13.8 Å². The third-order valence-electron chi connectivity index (χ3n) is 2.74. The van der Waals surface area contributed by atoms with Gasteiger partial charge in [-0.05, 0) is 62.4 Å². The minimum atomic E-state index is 0. The van der Waals surface area contributed by atoms with Crippen LogP contribution in [0.2, 0.25) is 0 Å². The third kappa shape index (κ3) is 3.17. The maximum absolute atomic E-state index is 2.26. The average molecular weight is 194 g/mol. The van der Waals surface area contributed by atoms with Crippen molar-refractivity contribution >= 4 is 0 Å². The molecule has 82 valence electrons. The van der Waals surface area contributed by atoms with Gasteiger partial charge in [0.05, 0.1) is 0 Å². The van der Waals surface area contributed by atoms with Gasteiger partial charge in [0, 0.05) is 0 Å². The zero-order valence-corrected chi connectivity index (χ0v) is 10.1. The summed E-state index contributed by atoms with van der Waals surface area (Å²) in [5.41, 5.74) is 7.14. The summed E-state index contributed by atoms with van der Waals surface area (Å²) in [7, 11) is 0. The van der Waals surface area contributed by atoms with Crippen molar-refractivity contribution in [1.29, 1.82) is 0 Å². The summed E-state index contributed by atoms with van der Waals surface area (Å²) in [5.74, 6) is 0. The molecule has 0 bridgehead atoms. The van der Waals surface area contributed by atoms with Crippen molar-refractivity contribution in [2.24, 2.45) is 0 Å². The summed E-state index contributed by atoms with van der Waals surface area (Å²) in [5, 5.41) is 0. The number of hydrogen-bond donors (Lipinski definition) is 0. The second-order valence-corrected chi connectivity index (χ2v) is 3.39. The van der Waals surface area contributed by atoms with Crippen LogP contribution in [0.15, 0.2) is 6.07 Å². The van der Waals surface area contributed by atoms with Crippen LogP contribution in [-0.2, 0) is 0 Å². The van der Waals surface area contributed by atoms with Crippen LogP contribution in [0.25, 0.3) is 0 Å². The molecule has 0 amide bonds. The highest BCUT2D eigenvalue weighted by atomic mass is 14.1. The SMILES string of the molecule is C.CC.Cc1cc(C)c(C)c(C)c1C. The van der Waals surface area contributed by atoms with Crippen LogP contribution in [0.3, 0.4) is 0 Å². The Morgan fingerprint density at radius 1 is 0.643 bits per heavy atom. The van der Waals surface area contributed by atoms with Crippen LogP contribution in [-0.4, -0.2) is 0 Å². The molecule has 0 heteroatoms. The topological polar surface area (TPSA) is 0 Å². The molecule has 0 aliphatic heterocycles. The Morgan fingerprint density at radius 3 is 1.21 bits per heavy atom. The maximum atomic E-state index is 2.26. The summed E-state index contributed by atoms with van der Waals surface area (Å²) in [6, 6.07) is 2.26. The molecular weight excluding hydrogens is 168 g/mol. The van der Waals surface area contributed by atoms with Crippen molar-refractivity contribution in [3.63, 3.8) is 0 Å². The Labute approximate surface area is 90.4 Å². The lowest BCUT2D eigenvalue weighted by atomic mass is 9.96. The second kappa shape index (κ2) is 6.64. The van der Waals surface area contributed by atoms with Crippen molar-refractivity contribution < 1.29 is 0 Å². The van der Waals surface area contributed by atoms with E-state index in [0.29, 0.717) is 0 Å². The number of benzene rings is 1. The van der Waals surface area contributed by atoms with Gasteiger partial charge in [-0.25, -0.2) is 0 Å². The van der Waals surface area contributed by atoms with Crippen LogP contribution >= 0.6 is 0 Å². The fraction of sp³-hybridized carbons (Fsp3) is 0.571. The first-order valence-electron chi connectivity index (χ1n) is 5.08. The first-order valence-corrected chi connectivity index (χ1v) is 5.08. The first-order chi connectivity index (χ1) is 6.04. The molecule has 0 fully saturated rings. The molecule has 0 radical (unpaired) electrons. The lowest BCUT2D eigenvalue weighted by molar-refractivity contribution is 1.18. The van der Waals surface area contributed by atoms with Crippen LogP contribution in [0.1, 0.15) is 49.1 Å². The van der Waals surface area contributed by atoms with Crippen molar-refractivity contribution in [3.8, 4) is 0 Å². The van der Waals surface area contributed by atoms with E-state index in [0.717, 1.165) is 0 Å². The molecule has 0 aliphatic carbocycles. The molecule has 0 aromatic heterocycles. The smallest absolute Gasteiger partial charge is 0.0392 e. The fourth-order valence-corrected chi connectivity index (χ4v) is 1.41. The highest BCUT2D eigenvalue weighted by Crippen LogP contribution is 2.19. The molecule has 0 N–H and O–H groups in total. The zero-order valence-electron chi connectivity index (χ0n) is 10.1. The quantitative estimate of drug-likeness (QED) is 0.551. The Morgan fingerprint density at radius 2 is 0.929 bits per heavy atom. The number of hydrogen-bond acceptors (Lipinski definition) is 0. The van der Waals surface area contributed by atoms with Crippen LogP contribution in [0.4, 0.5) is 0 Å². The summed E-state index contributed by atoms with van der Waals surface area (Å²) in [6.07, 6.45) is 0. The van der Waals surface area contributed by atoms with Gasteiger partial charge in [0.25, 0.3) is 0 Å². The number of aryl methyl sites for hydroxylation is 2. The molecule has 0 atom stereocenters. The van der Waals surface area contributed by atoms with Crippen LogP contribution in [0.5, 0.6) is 0 Å². The highest BCUT2D eigenvalue weighted by Gasteiger charge is 2.02. The standard InChI is InChI=1S/C11H16.C2H6.CH4/c1-7-6-8(2)10(4)11(5)9(7)3;1-2;/h6H,1-5H3;1-2H3;1H4. The van der Waals surface area contributed by atoms with E-state index < -0.39 is 0 Å². The molecule has 0 spiro atoms. The van der Waals surface area contributed by atoms with E-state index in [1.165, 1.54) is 27.8 Å². The van der Waals surface area contributed by atoms with E-state index in [9.17, 15) is 0 Å². The molecule has 0 nitrogen and oxygen atoms in total. The van der Waals surface area contributed by atoms with E-state index >= 15 is 0 Å². The van der Waals surface area contributed by atoms with Gasteiger partial charge in [0.2, 0.25) is 0 Å². The second-order valence-electron chi connectivity index (χ2n) is 3.39. The van der Waals surface area contributed by atoms with Gasteiger partial charge in [-0.2, -0.15) is 0 Å². The fourth-order valence-electron chi connectivity index (χ4n) is 1.41. The molecule has 1 aromatic carbocycles. The van der Waals surface area contributed by atoms with Gasteiger partial charge in [-0.1, -0.05) is 27.3 Å². The number of rotatable bonds is 0. The van der Waals surface area contributed by atoms with Crippen molar-refractivity contribution in [1.82, 2.24) is 0 Å². The van der Waals surface area contributed by atoms with Gasteiger partial charge < -0.3 is 0 Å². The summed E-state index contributed by atoms with van der Waals surface area (Å²) < 4.78 is 0. The Bertz CT molecular complexity index is 256. The van der Waals surface area contributed by atoms with Crippen LogP contribution < -0.4 is 0 Å². The lowest BCUT2D eigenvalue weighted by Crippen LogP contribution is -1.93. The summed E-state index contributed by atoms with van der Waals surface area (Å²) in [6.45, 7) is 14.9. The maximum Gasteiger partial charge on any atom is -0.0392 e. The summed E-state index contributed by atoms with van der Waals surface area (Å²) in [4.78, 5) is 0. The average Bonchev–Trinajstić information content (AvgIpc) is 2.15. The van der Waals surface area contributed by atoms with Crippen molar-refractivity contribution in [2.45, 2.75) is 55.9 Å². The van der Waals surface area contributed by atoms with Gasteiger partial charge in [0.15, 0.2) is 0 Å². The monoisotopic (exact) mass is 194 g/mol. The Balaban J connectivity index is 0. The minimum Gasteiger partial charge on any atom is -0.0776 e. The summed E-state index contributed by atoms with van der Waals surface area (Å²) >= 11 is 0. The van der Waals surface area contributed by atoms with Crippen LogP contribution in [0, 0.1) is 34.6 Å². The first kappa shape index (κ1) is 15.7. The Hall–Kier alpha value is -0.780. The zero-order chi connectivity index (χ0) is 10.6. The molecule has 0 heterocycles. The van der Waals surface area contributed by atoms with Gasteiger partial charge >= 0.3 is 0 Å². The molecular formula is C14H26. The predicted octanol–water partition coefficient (Wildman–Crippen LogP) is 4.89. The van der Waals surface area contributed by atoms with E-state index in [1.54, 1.807) is 0 Å². The molecule has 1 aromatic rings. The molecule has 1 rings (SSSR count). The molecule has 0 unspecified atom stereocenters. The molecule has 14 heavy (non-hydrogen) atoms. The largest absolute Gasteiger partial charge is 0.0776 e. The lowest BCUT2D eigenvalue weighted by Gasteiger charge is -2.10. The van der Waals surface area contributed by atoms with Gasteiger partial charge in [-0.15, -0.1) is 0 Å². The van der Waals surface area contributed by atoms with Crippen molar-refractivity contribution in [3.05, 3.63) is 33.9 Å². The van der Waals surface area contributed by atoms with E-state index in [2.05, 4.69) is 40.7 Å². The molecule has 0 saturated heterocycles. The van der Waals surface area contributed by atoms with E-state index in [4.69, 9.17) is 0 Å². The predicted molar refractivity (Wildman–Crippen MR) is 68.2 cm³/mol. The highest BCUT2D eigenvalue weighted by molar-refractivity contribution is 5.42. The minimum absolute atomic E-state index is 0. The van der Waals surface area contributed by atoms with E-state index in [-0.39, 0.29) is 7.43 Å². The van der Waals surface area contributed by atoms with Gasteiger partial charge in [0.1, 0.15) is 0 Å². The normalized spacial score (nSPS) is 8.50. The van der Waals surface area contributed by atoms with Crippen molar-refractivity contribution in [2.75, 3.05) is 0 Å². The van der Waals surface area contributed by atoms with Gasteiger partial charge in [-0.3, -0.25) is 0 Å². The molecule has 0 saturated carbocycles.